The highest BCUT2D eigenvalue weighted by atomic mass is 31.2. The van der Waals surface area contributed by atoms with Gasteiger partial charge in [-0.1, -0.05) is 84.9 Å². The van der Waals surface area contributed by atoms with E-state index in [1.807, 2.05) is 109 Å². The molecule has 0 unspecified atom stereocenters. The molecule has 6 aromatic carbocycles. The summed E-state index contributed by atoms with van der Waals surface area (Å²) in [6, 6.07) is 70.2. The molecule has 0 aliphatic carbocycles. The summed E-state index contributed by atoms with van der Waals surface area (Å²) in [4.78, 5) is 16.0. The number of fused-ring (bicyclic) bond motifs is 20. The average Bonchev–Trinajstić information content (AvgIpc) is 4.51. The van der Waals surface area contributed by atoms with Crippen molar-refractivity contribution in [2.45, 2.75) is 63.2 Å². The van der Waals surface area contributed by atoms with Gasteiger partial charge in [-0.2, -0.15) is 10.5 Å². The van der Waals surface area contributed by atoms with Gasteiger partial charge in [0.25, 0.3) is 0 Å². The minimum atomic E-state index is -4.07. The Kier molecular flexibility index (Phi) is 12.9. The first-order valence-corrected chi connectivity index (χ1v) is 28.6. The van der Waals surface area contributed by atoms with E-state index in [-0.39, 0.29) is 0 Å². The maximum Gasteiger partial charge on any atom is 0.462 e. The van der Waals surface area contributed by atoms with Crippen LogP contribution in [0.3, 0.4) is 0 Å². The van der Waals surface area contributed by atoms with Gasteiger partial charge in [0, 0.05) is 59.4 Å². The zero-order valence-corrected chi connectivity index (χ0v) is 45.7. The van der Waals surface area contributed by atoms with Gasteiger partial charge < -0.3 is 38.0 Å². The number of benzene rings is 6. The lowest BCUT2D eigenvalue weighted by Crippen LogP contribution is -2.32. The average molecular weight is 1070 g/mol. The van der Waals surface area contributed by atoms with Gasteiger partial charge in [-0.3, -0.25) is 0 Å². The Balaban J connectivity index is 0.00000103. The van der Waals surface area contributed by atoms with E-state index in [9.17, 15) is 0 Å². The van der Waals surface area contributed by atoms with E-state index < -0.39 is 36.9 Å². The van der Waals surface area contributed by atoms with E-state index in [0.29, 0.717) is 33.6 Å². The van der Waals surface area contributed by atoms with Crippen molar-refractivity contribution in [3.8, 4) is 35.1 Å². The molecule has 14 heteroatoms. The van der Waals surface area contributed by atoms with Crippen LogP contribution in [0, 0.1) is 22.7 Å². The maximum absolute atomic E-state index is 15.5. The predicted molar refractivity (Wildman–Crippen MR) is 304 cm³/mol. The summed E-state index contributed by atoms with van der Waals surface area (Å²) in [5.41, 5.74) is 7.22. The van der Waals surface area contributed by atoms with Crippen molar-refractivity contribution in [1.29, 1.82) is 10.5 Å². The Bertz CT molecular complexity index is 3600. The molecule has 4 N–H and O–H groups in total. The molecule has 0 radical (unpaired) electrons. The lowest BCUT2D eigenvalue weighted by Gasteiger charge is -2.34. The van der Waals surface area contributed by atoms with E-state index in [4.69, 9.17) is 28.6 Å². The summed E-state index contributed by atoms with van der Waals surface area (Å²) in [5.74, 6) is 1.57. The third-order valence-electron chi connectivity index (χ3n) is 15.7. The van der Waals surface area contributed by atoms with Gasteiger partial charge in [0.1, 0.15) is 23.0 Å². The van der Waals surface area contributed by atoms with Gasteiger partial charge in [0.05, 0.1) is 44.4 Å². The first-order valence-electron chi connectivity index (χ1n) is 25.6. The molecule has 12 nitrogen and oxygen atoms in total. The fraction of sp³-hybridized carbons (Fsp3) is 0.156. The summed E-state index contributed by atoms with van der Waals surface area (Å²) in [6.07, 6.45) is 0. The molecule has 13 rings (SSSR count). The minimum Gasteiger partial charge on any atom is -0.413 e. The Hall–Kier alpha value is -8.92. The lowest BCUT2D eigenvalue weighted by molar-refractivity contribution is 0.397. The molecule has 20 bridgehead atoms. The second-order valence-corrected chi connectivity index (χ2v) is 24.0. The number of nitrogens with zero attached hydrogens (tertiary/aromatic N) is 2. The molecular formula is C64H56N6O6P2. The Morgan fingerprint density at radius 2 is 0.538 bits per heavy atom. The SMILES string of the molecule is CC#N.CC#N.C[C@]12c3cccc(c3)OP(=O)(c3ccccc3)Oc3cccc(c3)[C@](C)(c3ccc1[nH]3)c1ccc([nH]1)[C@@]1(C)c3cccc(c3)OP(=O)(c3ccccc3)Oc3cccc(c3)[C@](C)(c3ccc1[nH]3)c1ccc2[nH]1. The molecule has 0 saturated carbocycles. The Morgan fingerprint density at radius 1 is 0.333 bits per heavy atom. The summed E-state index contributed by atoms with van der Waals surface area (Å²) >= 11 is 0. The predicted octanol–water partition coefficient (Wildman–Crippen LogP) is 14.4. The number of rotatable bonds is 2. The largest absolute Gasteiger partial charge is 0.462 e. The van der Waals surface area contributed by atoms with Crippen LogP contribution in [0.25, 0.3) is 0 Å². The second kappa shape index (κ2) is 19.6. The molecule has 0 saturated heterocycles. The molecular weight excluding hydrogens is 1010 g/mol. The van der Waals surface area contributed by atoms with Gasteiger partial charge in [-0.25, -0.2) is 9.13 Å². The zero-order chi connectivity index (χ0) is 54.5. The number of hydrogen-bond donors (Lipinski definition) is 4. The van der Waals surface area contributed by atoms with Crippen LogP contribution < -0.4 is 28.7 Å². The molecule has 4 aromatic heterocycles. The number of hydrogen-bond acceptors (Lipinski definition) is 8. The standard InChI is InChI=1S/C60H50N4O6P2.2C2H3N/c1-57-39-15-11-19-43(35-39)67-71(65,47-23-7-5-8-24-47)68-44-20-12-16-40(36-44)58(2,50-28-27-49(57)61-50)55-33-34-56(64-55)60(4)42-18-14-22-46(38-42)70-72(66,48-25-9-6-10-26-48)69-45-21-13-17-41(37-45)59(3,51-29-30-52(60)62-51)54-32-31-53(57)63-54;2*1-2-3/h5-38,61-64H,1-4H3;2*1H3/t57-,58+,59+,60-,71?,72?;;. The minimum absolute atomic E-state index is 0.391. The first kappa shape index (κ1) is 51.2. The van der Waals surface area contributed by atoms with Crippen LogP contribution in [0.5, 0.6) is 23.0 Å². The fourth-order valence-electron chi connectivity index (χ4n) is 11.2. The van der Waals surface area contributed by atoms with Crippen LogP contribution >= 0.6 is 15.2 Å². The molecule has 3 aliphatic heterocycles. The van der Waals surface area contributed by atoms with Crippen LogP contribution in [0.4, 0.5) is 0 Å². The van der Waals surface area contributed by atoms with Gasteiger partial charge in [0.15, 0.2) is 0 Å². The molecule has 388 valence electrons. The van der Waals surface area contributed by atoms with E-state index in [0.717, 1.165) is 67.8 Å². The molecule has 7 heterocycles. The van der Waals surface area contributed by atoms with Crippen molar-refractivity contribution in [3.05, 3.63) is 274 Å². The second-order valence-electron chi connectivity index (χ2n) is 20.2. The van der Waals surface area contributed by atoms with Gasteiger partial charge >= 0.3 is 15.2 Å². The van der Waals surface area contributed by atoms with E-state index in [1.54, 1.807) is 36.4 Å². The van der Waals surface area contributed by atoms with Crippen molar-refractivity contribution in [1.82, 2.24) is 19.9 Å². The number of nitrogens with one attached hydrogen (secondary N) is 4. The highest BCUT2D eigenvalue weighted by Gasteiger charge is 2.45. The number of aromatic nitrogens is 4. The Labute approximate surface area is 453 Å². The third kappa shape index (κ3) is 8.37. The van der Waals surface area contributed by atoms with Crippen molar-refractivity contribution < 1.29 is 27.2 Å². The molecule has 10 aromatic rings. The molecule has 0 amide bonds. The number of aromatic amines is 4. The topological polar surface area (TPSA) is 182 Å². The maximum atomic E-state index is 15.5. The van der Waals surface area contributed by atoms with E-state index in [1.165, 1.54) is 13.8 Å². The Morgan fingerprint density at radius 3 is 0.744 bits per heavy atom. The monoisotopic (exact) mass is 1070 g/mol. The summed E-state index contributed by atoms with van der Waals surface area (Å²) in [5, 5.41) is 15.5. The van der Waals surface area contributed by atoms with Crippen molar-refractivity contribution in [2.24, 2.45) is 0 Å². The first-order chi connectivity index (χ1) is 37.6. The summed E-state index contributed by atoms with van der Waals surface area (Å²) in [7, 11) is -8.13. The normalized spacial score (nSPS) is 24.1. The summed E-state index contributed by atoms with van der Waals surface area (Å²) < 4.78 is 57.6. The highest BCUT2D eigenvalue weighted by molar-refractivity contribution is 7.63. The quantitative estimate of drug-likeness (QED) is 0.123. The van der Waals surface area contributed by atoms with Crippen LogP contribution in [0.15, 0.2) is 206 Å². The van der Waals surface area contributed by atoms with Crippen molar-refractivity contribution in [3.63, 3.8) is 0 Å². The molecule has 0 fully saturated rings. The van der Waals surface area contributed by atoms with Gasteiger partial charge in [-0.05, 0) is 171 Å². The van der Waals surface area contributed by atoms with Gasteiger partial charge in [0.2, 0.25) is 0 Å². The zero-order valence-electron chi connectivity index (χ0n) is 43.9. The van der Waals surface area contributed by atoms with Crippen LogP contribution in [0.1, 0.15) is 109 Å². The van der Waals surface area contributed by atoms with Crippen LogP contribution in [0.2, 0.25) is 0 Å². The van der Waals surface area contributed by atoms with Gasteiger partial charge in [-0.15, -0.1) is 0 Å². The summed E-state index contributed by atoms with van der Waals surface area (Å²) in [6.45, 7) is 11.6. The third-order valence-corrected chi connectivity index (χ3v) is 19.4. The lowest BCUT2D eigenvalue weighted by atomic mass is 9.76. The fourth-order valence-corrected chi connectivity index (χ4v) is 14.4. The number of H-pyrrole nitrogens is 4. The molecule has 3 aliphatic rings. The van der Waals surface area contributed by atoms with Crippen LogP contribution in [-0.2, 0) is 30.8 Å². The molecule has 0 atom stereocenters. The van der Waals surface area contributed by atoms with Crippen molar-refractivity contribution >= 4 is 25.8 Å². The smallest absolute Gasteiger partial charge is 0.413 e. The van der Waals surface area contributed by atoms with E-state index in [2.05, 4.69) is 120 Å². The van der Waals surface area contributed by atoms with Crippen LogP contribution in [-0.4, -0.2) is 19.9 Å². The van der Waals surface area contributed by atoms with Crippen molar-refractivity contribution in [2.75, 3.05) is 0 Å². The molecule has 0 spiro atoms. The highest BCUT2D eigenvalue weighted by Crippen LogP contribution is 2.54. The van der Waals surface area contributed by atoms with E-state index >= 15 is 9.13 Å². The molecule has 78 heavy (non-hydrogen) atoms. The number of nitriles is 2.